The first-order chi connectivity index (χ1) is 10.5. The second-order valence-electron chi connectivity index (χ2n) is 4.81. The van der Waals surface area contributed by atoms with Gasteiger partial charge < -0.3 is 9.72 Å². The Morgan fingerprint density at radius 1 is 1.55 bits per heavy atom. The topological polar surface area (TPSA) is 95.8 Å². The van der Waals surface area contributed by atoms with Crippen LogP contribution in [0.5, 0.6) is 0 Å². The molecule has 2 rings (SSSR count). The van der Waals surface area contributed by atoms with Gasteiger partial charge in [0.2, 0.25) is 0 Å². The molecule has 0 saturated heterocycles. The molecule has 0 radical (unpaired) electrons. The van der Waals surface area contributed by atoms with Crippen molar-refractivity contribution >= 4 is 28.6 Å². The van der Waals surface area contributed by atoms with Crippen molar-refractivity contribution in [1.29, 1.82) is 5.26 Å². The van der Waals surface area contributed by atoms with Crippen LogP contribution in [0, 0.1) is 17.2 Å². The Hall–Kier alpha value is -2.39. The minimum Gasteiger partial charge on any atom is -0.466 e. The van der Waals surface area contributed by atoms with Crippen molar-refractivity contribution in [2.75, 3.05) is 6.61 Å². The first kappa shape index (κ1) is 16.0. The highest BCUT2D eigenvalue weighted by molar-refractivity contribution is 6.35. The summed E-state index contributed by atoms with van der Waals surface area (Å²) in [4.78, 5) is 30.2. The van der Waals surface area contributed by atoms with Crippen molar-refractivity contribution in [2.45, 2.75) is 20.3 Å². The van der Waals surface area contributed by atoms with Gasteiger partial charge in [-0.2, -0.15) is 5.26 Å². The van der Waals surface area contributed by atoms with Crippen LogP contribution in [0.15, 0.2) is 16.9 Å². The largest absolute Gasteiger partial charge is 0.466 e. The second-order valence-corrected chi connectivity index (χ2v) is 5.19. The third kappa shape index (κ3) is 3.10. The maximum atomic E-state index is 11.7. The Morgan fingerprint density at radius 2 is 2.27 bits per heavy atom. The lowest BCUT2D eigenvalue weighted by atomic mass is 10.1. The monoisotopic (exact) mass is 319 g/mol. The highest BCUT2D eigenvalue weighted by Crippen LogP contribution is 2.22. The molecule has 22 heavy (non-hydrogen) atoms. The van der Waals surface area contributed by atoms with E-state index >= 15 is 0 Å². The highest BCUT2D eigenvalue weighted by Gasteiger charge is 2.17. The summed E-state index contributed by atoms with van der Waals surface area (Å²) in [6.45, 7) is 3.82. The van der Waals surface area contributed by atoms with Crippen molar-refractivity contribution in [2.24, 2.45) is 5.92 Å². The summed E-state index contributed by atoms with van der Waals surface area (Å²) in [6, 6.07) is 5.12. The first-order valence-electron chi connectivity index (χ1n) is 6.76. The molecule has 0 aliphatic rings. The van der Waals surface area contributed by atoms with E-state index in [1.54, 1.807) is 32.0 Å². The predicted octanol–water partition coefficient (Wildman–Crippen LogP) is 2.19. The molecule has 2 aromatic rings. The normalized spacial score (nSPS) is 11.9. The molecule has 7 heteroatoms. The number of hydrogen-bond acceptors (Lipinski definition) is 5. The van der Waals surface area contributed by atoms with Crippen LogP contribution < -0.4 is 5.56 Å². The van der Waals surface area contributed by atoms with E-state index in [-0.39, 0.29) is 22.5 Å². The molecule has 0 amide bonds. The number of aromatic amines is 1. The number of nitrogens with zero attached hydrogens (tertiary/aromatic N) is 2. The number of H-pyrrole nitrogens is 1. The van der Waals surface area contributed by atoms with Crippen LogP contribution in [0.1, 0.15) is 25.1 Å². The number of hydrogen-bond donors (Lipinski definition) is 1. The second kappa shape index (κ2) is 6.58. The Balaban J connectivity index is 2.41. The molecule has 1 unspecified atom stereocenters. The number of ether oxygens (including phenoxy) is 1. The molecule has 1 N–H and O–H groups in total. The Bertz CT molecular complexity index is 823. The molecule has 0 spiro atoms. The number of pyridine rings is 2. The number of fused-ring (bicyclic) bond motifs is 1. The lowest BCUT2D eigenvalue weighted by molar-refractivity contribution is -0.147. The van der Waals surface area contributed by atoms with Crippen molar-refractivity contribution in [1.82, 2.24) is 9.97 Å². The quantitative estimate of drug-likeness (QED) is 0.871. The maximum absolute atomic E-state index is 11.7. The lowest BCUT2D eigenvalue weighted by Gasteiger charge is -2.10. The van der Waals surface area contributed by atoms with E-state index in [9.17, 15) is 9.59 Å². The zero-order valence-corrected chi connectivity index (χ0v) is 12.9. The van der Waals surface area contributed by atoms with Crippen LogP contribution in [0.4, 0.5) is 0 Å². The molecule has 0 saturated carbocycles. The Morgan fingerprint density at radius 3 is 2.91 bits per heavy atom. The van der Waals surface area contributed by atoms with Gasteiger partial charge in [-0.05, 0) is 19.1 Å². The molecule has 0 aromatic carbocycles. The molecule has 1 atom stereocenters. The molecule has 0 bridgehead atoms. The van der Waals surface area contributed by atoms with Crippen LogP contribution >= 0.6 is 11.6 Å². The summed E-state index contributed by atoms with van der Waals surface area (Å²) in [5.74, 6) is -0.642. The van der Waals surface area contributed by atoms with Crippen LogP contribution in [0.25, 0.3) is 11.0 Å². The lowest BCUT2D eigenvalue weighted by Crippen LogP contribution is -2.17. The SMILES string of the molecule is CCOC(=O)C(C)Cc1ccc2[nH]c(=O)c(C#N)c(Cl)c2n1. The van der Waals surface area contributed by atoms with Gasteiger partial charge in [0.25, 0.3) is 5.56 Å². The summed E-state index contributed by atoms with van der Waals surface area (Å²) >= 11 is 6.07. The molecule has 0 fully saturated rings. The number of halogens is 1. The van der Waals surface area contributed by atoms with Gasteiger partial charge in [-0.1, -0.05) is 18.5 Å². The standard InChI is InChI=1S/C15H14ClN3O3/c1-3-22-15(21)8(2)6-9-4-5-11-13(18-9)12(16)10(7-17)14(20)19-11/h4-5,8H,3,6H2,1-2H3,(H,19,20). The summed E-state index contributed by atoms with van der Waals surface area (Å²) in [6.07, 6.45) is 0.381. The van der Waals surface area contributed by atoms with Gasteiger partial charge in [-0.15, -0.1) is 0 Å². The van der Waals surface area contributed by atoms with E-state index in [1.807, 2.05) is 0 Å². The summed E-state index contributed by atoms with van der Waals surface area (Å²) in [5.41, 5.74) is 0.700. The molecule has 114 valence electrons. The number of esters is 1. The summed E-state index contributed by atoms with van der Waals surface area (Å²) < 4.78 is 4.96. The fraction of sp³-hybridized carbons (Fsp3) is 0.333. The number of aromatic nitrogens is 2. The molecule has 0 aliphatic heterocycles. The Kier molecular flexibility index (Phi) is 4.78. The van der Waals surface area contributed by atoms with Crippen LogP contribution in [-0.4, -0.2) is 22.5 Å². The average molecular weight is 320 g/mol. The molecule has 0 aliphatic carbocycles. The van der Waals surface area contributed by atoms with E-state index < -0.39 is 5.56 Å². The van der Waals surface area contributed by atoms with Crippen molar-refractivity contribution in [3.63, 3.8) is 0 Å². The van der Waals surface area contributed by atoms with Gasteiger partial charge in [0.1, 0.15) is 17.1 Å². The van der Waals surface area contributed by atoms with Crippen molar-refractivity contribution in [3.05, 3.63) is 38.8 Å². The van der Waals surface area contributed by atoms with Gasteiger partial charge >= 0.3 is 5.97 Å². The fourth-order valence-electron chi connectivity index (χ4n) is 2.07. The van der Waals surface area contributed by atoms with Gasteiger partial charge in [0.05, 0.1) is 23.1 Å². The number of carbonyl (C=O) groups excluding carboxylic acids is 1. The zero-order chi connectivity index (χ0) is 16.3. The number of rotatable bonds is 4. The zero-order valence-electron chi connectivity index (χ0n) is 12.1. The first-order valence-corrected chi connectivity index (χ1v) is 7.13. The van der Waals surface area contributed by atoms with Crippen LogP contribution in [0.2, 0.25) is 5.02 Å². The highest BCUT2D eigenvalue weighted by atomic mass is 35.5. The van der Waals surface area contributed by atoms with Gasteiger partial charge in [-0.25, -0.2) is 4.98 Å². The maximum Gasteiger partial charge on any atom is 0.309 e. The smallest absolute Gasteiger partial charge is 0.309 e. The predicted molar refractivity (Wildman–Crippen MR) is 81.6 cm³/mol. The molecule has 2 aromatic heterocycles. The van der Waals surface area contributed by atoms with Crippen LogP contribution in [0.3, 0.4) is 0 Å². The summed E-state index contributed by atoms with van der Waals surface area (Å²) in [5, 5.41) is 8.98. The fourth-order valence-corrected chi connectivity index (χ4v) is 2.34. The van der Waals surface area contributed by atoms with E-state index in [1.165, 1.54) is 0 Å². The molecule has 6 nitrogen and oxygen atoms in total. The minimum absolute atomic E-state index is 0.0203. The summed E-state index contributed by atoms with van der Waals surface area (Å²) in [7, 11) is 0. The number of nitrogens with one attached hydrogen (secondary N) is 1. The van der Waals surface area contributed by atoms with E-state index in [2.05, 4.69) is 9.97 Å². The van der Waals surface area contributed by atoms with Gasteiger partial charge in [0, 0.05) is 12.1 Å². The molecular weight excluding hydrogens is 306 g/mol. The van der Waals surface area contributed by atoms with E-state index in [0.717, 1.165) is 0 Å². The van der Waals surface area contributed by atoms with Crippen LogP contribution in [-0.2, 0) is 16.0 Å². The van der Waals surface area contributed by atoms with Gasteiger partial charge in [-0.3, -0.25) is 9.59 Å². The van der Waals surface area contributed by atoms with E-state index in [4.69, 9.17) is 21.6 Å². The Labute approximate surface area is 131 Å². The minimum atomic E-state index is -0.547. The number of carbonyl (C=O) groups is 1. The van der Waals surface area contributed by atoms with E-state index in [0.29, 0.717) is 29.8 Å². The van der Waals surface area contributed by atoms with Crippen molar-refractivity contribution in [3.8, 4) is 6.07 Å². The third-order valence-corrected chi connectivity index (χ3v) is 3.54. The third-order valence-electron chi connectivity index (χ3n) is 3.17. The average Bonchev–Trinajstić information content (AvgIpc) is 2.48. The number of nitriles is 1. The van der Waals surface area contributed by atoms with Gasteiger partial charge in [0.15, 0.2) is 0 Å². The molecular formula is C15H14ClN3O3. The van der Waals surface area contributed by atoms with Crippen molar-refractivity contribution < 1.29 is 9.53 Å². The molecule has 2 heterocycles.